The fourth-order valence-electron chi connectivity index (χ4n) is 2.69. The van der Waals surface area contributed by atoms with Gasteiger partial charge in [-0.1, -0.05) is 0 Å². The quantitative estimate of drug-likeness (QED) is 0.581. The molecule has 1 fully saturated rings. The molecule has 6 nitrogen and oxygen atoms in total. The molecule has 0 aliphatic heterocycles. The third-order valence-electron chi connectivity index (χ3n) is 4.56. The Morgan fingerprint density at radius 3 is 2.07 bits per heavy atom. The molecule has 3 rings (SSSR count). The number of nitrogens with one attached hydrogen (secondary N) is 2. The topological polar surface area (TPSA) is 76.7 Å². The van der Waals surface area contributed by atoms with Gasteiger partial charge in [-0.25, -0.2) is 13.2 Å². The molecule has 0 bridgehead atoms. The molecular weight excluding hydrogens is 377 g/mol. The van der Waals surface area contributed by atoms with Crippen LogP contribution in [-0.2, 0) is 9.59 Å². The zero-order valence-corrected chi connectivity index (χ0v) is 15.1. The maximum Gasteiger partial charge on any atom is 0.240 e. The number of benzene rings is 2. The molecule has 0 radical (unpaired) electrons. The van der Waals surface area contributed by atoms with Gasteiger partial charge in [0, 0.05) is 6.07 Å². The lowest BCUT2D eigenvalue weighted by Crippen LogP contribution is -2.36. The number of hydrogen-bond donors (Lipinski definition) is 2. The van der Waals surface area contributed by atoms with E-state index >= 15 is 0 Å². The van der Waals surface area contributed by atoms with Gasteiger partial charge in [0.05, 0.1) is 25.6 Å². The Labute approximate surface area is 158 Å². The Morgan fingerprint density at radius 1 is 0.893 bits per heavy atom. The highest BCUT2D eigenvalue weighted by Crippen LogP contribution is 2.48. The smallest absolute Gasteiger partial charge is 0.240 e. The molecular formula is C19H17F3N2O4. The molecule has 1 saturated carbocycles. The van der Waals surface area contributed by atoms with Crippen LogP contribution in [0.2, 0.25) is 0 Å². The highest BCUT2D eigenvalue weighted by atomic mass is 19.2. The van der Waals surface area contributed by atoms with Crippen molar-refractivity contribution in [3.05, 3.63) is 47.8 Å². The van der Waals surface area contributed by atoms with E-state index in [-0.39, 0.29) is 12.8 Å². The first-order valence-electron chi connectivity index (χ1n) is 8.31. The summed E-state index contributed by atoms with van der Waals surface area (Å²) in [5.41, 5.74) is -1.64. The van der Waals surface area contributed by atoms with Gasteiger partial charge in [-0.3, -0.25) is 9.59 Å². The van der Waals surface area contributed by atoms with Crippen molar-refractivity contribution < 1.29 is 32.2 Å². The van der Waals surface area contributed by atoms with E-state index in [1.807, 2.05) is 0 Å². The van der Waals surface area contributed by atoms with Crippen molar-refractivity contribution >= 4 is 23.2 Å². The summed E-state index contributed by atoms with van der Waals surface area (Å²) in [6.45, 7) is 0. The Hall–Kier alpha value is -3.23. The van der Waals surface area contributed by atoms with E-state index in [0.717, 1.165) is 6.07 Å². The molecule has 0 spiro atoms. The number of methoxy groups -OCH3 is 2. The molecule has 0 atom stereocenters. The summed E-state index contributed by atoms with van der Waals surface area (Å²) in [6, 6.07) is 6.31. The zero-order chi connectivity index (χ0) is 20.5. The summed E-state index contributed by atoms with van der Waals surface area (Å²) >= 11 is 0. The van der Waals surface area contributed by atoms with E-state index < -0.39 is 40.4 Å². The van der Waals surface area contributed by atoms with E-state index in [4.69, 9.17) is 9.47 Å². The first-order valence-corrected chi connectivity index (χ1v) is 8.31. The maximum atomic E-state index is 13.8. The van der Waals surface area contributed by atoms with Crippen LogP contribution in [-0.4, -0.2) is 26.0 Å². The normalized spacial score (nSPS) is 14.2. The number of amides is 2. The number of hydrogen-bond acceptors (Lipinski definition) is 4. The van der Waals surface area contributed by atoms with Crippen molar-refractivity contribution in [2.45, 2.75) is 12.8 Å². The number of halogens is 3. The van der Waals surface area contributed by atoms with Crippen LogP contribution in [0.15, 0.2) is 30.3 Å². The van der Waals surface area contributed by atoms with Gasteiger partial charge < -0.3 is 20.1 Å². The molecule has 0 aromatic heterocycles. The predicted octanol–water partition coefficient (Wildman–Crippen LogP) is 3.48. The molecule has 0 saturated heterocycles. The highest BCUT2D eigenvalue weighted by Gasteiger charge is 2.56. The lowest BCUT2D eigenvalue weighted by Gasteiger charge is -2.17. The van der Waals surface area contributed by atoms with Gasteiger partial charge in [0.15, 0.2) is 17.5 Å². The molecule has 1 aliphatic carbocycles. The summed E-state index contributed by atoms with van der Waals surface area (Å²) in [5, 5.41) is 4.77. The lowest BCUT2D eigenvalue weighted by atomic mass is 10.0. The lowest BCUT2D eigenvalue weighted by molar-refractivity contribution is -0.131. The van der Waals surface area contributed by atoms with Gasteiger partial charge >= 0.3 is 0 Å². The van der Waals surface area contributed by atoms with Crippen LogP contribution in [0.1, 0.15) is 12.8 Å². The monoisotopic (exact) mass is 394 g/mol. The second-order valence-corrected chi connectivity index (χ2v) is 6.28. The van der Waals surface area contributed by atoms with E-state index in [1.165, 1.54) is 14.2 Å². The van der Waals surface area contributed by atoms with Crippen LogP contribution in [0.25, 0.3) is 0 Å². The molecule has 148 valence electrons. The van der Waals surface area contributed by atoms with Crippen molar-refractivity contribution in [1.82, 2.24) is 0 Å². The van der Waals surface area contributed by atoms with Gasteiger partial charge in [-0.2, -0.15) is 0 Å². The molecule has 2 aromatic carbocycles. The first-order chi connectivity index (χ1) is 13.3. The molecule has 28 heavy (non-hydrogen) atoms. The summed E-state index contributed by atoms with van der Waals surface area (Å²) in [4.78, 5) is 25.2. The summed E-state index contributed by atoms with van der Waals surface area (Å²) in [7, 11) is 2.89. The van der Waals surface area contributed by atoms with Crippen LogP contribution in [0, 0.1) is 22.9 Å². The zero-order valence-electron chi connectivity index (χ0n) is 15.1. The van der Waals surface area contributed by atoms with Gasteiger partial charge in [-0.05, 0) is 37.1 Å². The fourth-order valence-corrected chi connectivity index (χ4v) is 2.69. The average Bonchev–Trinajstić information content (AvgIpc) is 3.51. The minimum Gasteiger partial charge on any atom is -0.497 e. The average molecular weight is 394 g/mol. The number of carbonyl (C=O) groups excluding carboxylic acids is 2. The standard InChI is InChI=1S/C19H17F3N2O4/c1-27-10-3-5-12(14(9-10)28-2)23-17(25)19(7-8-19)18(26)24-13-6-4-11(20)15(21)16(13)22/h3-6,9H,7-8H2,1-2H3,(H,23,25)(H,24,26). The third-order valence-corrected chi connectivity index (χ3v) is 4.56. The van der Waals surface area contributed by atoms with Crippen molar-refractivity contribution in [1.29, 1.82) is 0 Å². The van der Waals surface area contributed by atoms with Gasteiger partial charge in [0.1, 0.15) is 16.9 Å². The number of anilines is 2. The fraction of sp³-hybridized carbons (Fsp3) is 0.263. The first kappa shape index (κ1) is 19.5. The van der Waals surface area contributed by atoms with E-state index in [0.29, 0.717) is 23.3 Å². The Bertz CT molecular complexity index is 945. The molecule has 2 amide bonds. The summed E-state index contributed by atoms with van der Waals surface area (Å²) in [5.74, 6) is -5.17. The number of carbonyl (C=O) groups is 2. The van der Waals surface area contributed by atoms with Crippen LogP contribution < -0.4 is 20.1 Å². The SMILES string of the molecule is COc1ccc(NC(=O)C2(C(=O)Nc3ccc(F)c(F)c3F)CC2)c(OC)c1. The molecule has 0 unspecified atom stereocenters. The second kappa shape index (κ2) is 7.41. The van der Waals surface area contributed by atoms with Crippen LogP contribution >= 0.6 is 0 Å². The van der Waals surface area contributed by atoms with Crippen molar-refractivity contribution in [2.24, 2.45) is 5.41 Å². The Balaban J connectivity index is 1.77. The van der Waals surface area contributed by atoms with Crippen molar-refractivity contribution in [3.8, 4) is 11.5 Å². The van der Waals surface area contributed by atoms with E-state index in [2.05, 4.69) is 10.6 Å². The Kier molecular flexibility index (Phi) is 5.17. The van der Waals surface area contributed by atoms with Crippen molar-refractivity contribution in [3.63, 3.8) is 0 Å². The van der Waals surface area contributed by atoms with Gasteiger partial charge in [-0.15, -0.1) is 0 Å². The van der Waals surface area contributed by atoms with Gasteiger partial charge in [0.2, 0.25) is 11.8 Å². The predicted molar refractivity (Wildman–Crippen MR) is 94.8 cm³/mol. The second-order valence-electron chi connectivity index (χ2n) is 6.28. The van der Waals surface area contributed by atoms with Crippen molar-refractivity contribution in [2.75, 3.05) is 24.9 Å². The van der Waals surface area contributed by atoms with Crippen LogP contribution in [0.4, 0.5) is 24.5 Å². The minimum absolute atomic E-state index is 0.231. The third kappa shape index (κ3) is 3.47. The molecule has 0 heterocycles. The van der Waals surface area contributed by atoms with E-state index in [9.17, 15) is 22.8 Å². The maximum absolute atomic E-state index is 13.8. The molecule has 9 heteroatoms. The Morgan fingerprint density at radius 2 is 1.50 bits per heavy atom. The minimum atomic E-state index is -1.70. The van der Waals surface area contributed by atoms with Crippen LogP contribution in [0.5, 0.6) is 11.5 Å². The number of rotatable bonds is 6. The highest BCUT2D eigenvalue weighted by molar-refractivity contribution is 6.17. The molecule has 2 aromatic rings. The number of ether oxygens (including phenoxy) is 2. The summed E-state index contributed by atoms with van der Waals surface area (Å²) < 4.78 is 50.4. The van der Waals surface area contributed by atoms with Gasteiger partial charge in [0.25, 0.3) is 0 Å². The summed E-state index contributed by atoms with van der Waals surface area (Å²) in [6.07, 6.45) is 0.461. The van der Waals surface area contributed by atoms with E-state index in [1.54, 1.807) is 18.2 Å². The largest absolute Gasteiger partial charge is 0.497 e. The molecule has 1 aliphatic rings. The molecule has 2 N–H and O–H groups in total. The van der Waals surface area contributed by atoms with Crippen LogP contribution in [0.3, 0.4) is 0 Å².